The third-order valence-electron chi connectivity index (χ3n) is 4.71. The van der Waals surface area contributed by atoms with E-state index in [-0.39, 0.29) is 0 Å². The quantitative estimate of drug-likeness (QED) is 0.443. The molecule has 3 aromatic rings. The van der Waals surface area contributed by atoms with E-state index in [0.717, 1.165) is 25.3 Å². The highest BCUT2D eigenvalue weighted by atomic mass is 16.5. The minimum absolute atomic E-state index is 0.691. The van der Waals surface area contributed by atoms with E-state index >= 15 is 0 Å². The third kappa shape index (κ3) is 6.18. The monoisotopic (exact) mass is 359 g/mol. The number of nitrogens with zero attached hydrogens (tertiary/aromatic N) is 1. The topological polar surface area (TPSA) is 12.5 Å². The van der Waals surface area contributed by atoms with E-state index < -0.39 is 0 Å². The van der Waals surface area contributed by atoms with Crippen molar-refractivity contribution in [2.24, 2.45) is 0 Å². The van der Waals surface area contributed by atoms with Crippen LogP contribution < -0.4 is 9.64 Å². The third-order valence-corrected chi connectivity index (χ3v) is 4.71. The molecule has 0 saturated carbocycles. The maximum absolute atomic E-state index is 6.00. The Labute approximate surface area is 163 Å². The van der Waals surface area contributed by atoms with Crippen molar-refractivity contribution in [1.82, 2.24) is 0 Å². The van der Waals surface area contributed by atoms with Gasteiger partial charge < -0.3 is 9.64 Å². The van der Waals surface area contributed by atoms with Gasteiger partial charge in [-0.2, -0.15) is 0 Å². The molecule has 2 heteroatoms. The SMILES string of the molecule is CCCCN(CCOc1ccc(Cc2ccccc2)cc1)c1ccccc1. The van der Waals surface area contributed by atoms with Crippen LogP contribution in [0.5, 0.6) is 5.75 Å². The predicted octanol–water partition coefficient (Wildman–Crippen LogP) is 5.96. The van der Waals surface area contributed by atoms with E-state index in [2.05, 4.69) is 96.8 Å². The molecule has 0 radical (unpaired) electrons. The molecule has 0 heterocycles. The Balaban J connectivity index is 1.51. The Morgan fingerprint density at radius 3 is 2.00 bits per heavy atom. The number of anilines is 1. The van der Waals surface area contributed by atoms with Crippen LogP contribution in [0.4, 0.5) is 5.69 Å². The van der Waals surface area contributed by atoms with Crippen molar-refractivity contribution in [3.05, 3.63) is 96.1 Å². The molecule has 0 aliphatic rings. The van der Waals surface area contributed by atoms with Crippen LogP contribution in [-0.2, 0) is 6.42 Å². The van der Waals surface area contributed by atoms with Crippen LogP contribution >= 0.6 is 0 Å². The number of hydrogen-bond donors (Lipinski definition) is 0. The molecule has 0 N–H and O–H groups in total. The molecule has 3 rings (SSSR count). The Morgan fingerprint density at radius 1 is 0.704 bits per heavy atom. The summed E-state index contributed by atoms with van der Waals surface area (Å²) in [4.78, 5) is 2.41. The molecule has 0 fully saturated rings. The van der Waals surface area contributed by atoms with Crippen molar-refractivity contribution >= 4 is 5.69 Å². The van der Waals surface area contributed by atoms with E-state index in [1.54, 1.807) is 0 Å². The van der Waals surface area contributed by atoms with Gasteiger partial charge in [0.2, 0.25) is 0 Å². The largest absolute Gasteiger partial charge is 0.492 e. The average molecular weight is 360 g/mol. The molecule has 27 heavy (non-hydrogen) atoms. The minimum atomic E-state index is 0.691. The second-order valence-corrected chi connectivity index (χ2v) is 6.83. The van der Waals surface area contributed by atoms with Crippen LogP contribution in [0.2, 0.25) is 0 Å². The van der Waals surface area contributed by atoms with Gasteiger partial charge >= 0.3 is 0 Å². The Bertz CT molecular complexity index is 768. The first-order valence-electron chi connectivity index (χ1n) is 9.91. The summed E-state index contributed by atoms with van der Waals surface area (Å²) in [5.41, 5.74) is 3.91. The van der Waals surface area contributed by atoms with Gasteiger partial charge in [0.1, 0.15) is 12.4 Å². The Morgan fingerprint density at radius 2 is 1.33 bits per heavy atom. The molecule has 0 atom stereocenters. The van der Waals surface area contributed by atoms with Crippen molar-refractivity contribution in [1.29, 1.82) is 0 Å². The summed E-state index contributed by atoms with van der Waals surface area (Å²) in [6.45, 7) is 4.89. The van der Waals surface area contributed by atoms with Crippen LogP contribution in [-0.4, -0.2) is 19.7 Å². The number of hydrogen-bond acceptors (Lipinski definition) is 2. The molecular weight excluding hydrogens is 330 g/mol. The van der Waals surface area contributed by atoms with Gasteiger partial charge in [0, 0.05) is 12.2 Å². The lowest BCUT2D eigenvalue weighted by molar-refractivity contribution is 0.323. The van der Waals surface area contributed by atoms with Crippen LogP contribution in [0.1, 0.15) is 30.9 Å². The van der Waals surface area contributed by atoms with E-state index in [1.165, 1.54) is 29.7 Å². The van der Waals surface area contributed by atoms with Gasteiger partial charge in [-0.3, -0.25) is 0 Å². The predicted molar refractivity (Wildman–Crippen MR) is 115 cm³/mol. The van der Waals surface area contributed by atoms with Gasteiger partial charge in [-0.15, -0.1) is 0 Å². The van der Waals surface area contributed by atoms with Crippen LogP contribution in [0.3, 0.4) is 0 Å². The highest BCUT2D eigenvalue weighted by molar-refractivity contribution is 5.45. The number of benzene rings is 3. The molecule has 140 valence electrons. The smallest absolute Gasteiger partial charge is 0.119 e. The minimum Gasteiger partial charge on any atom is -0.492 e. The molecule has 0 saturated heterocycles. The van der Waals surface area contributed by atoms with Gasteiger partial charge in [0.25, 0.3) is 0 Å². The summed E-state index contributed by atoms with van der Waals surface area (Å²) >= 11 is 0. The fourth-order valence-electron chi connectivity index (χ4n) is 3.17. The fraction of sp³-hybridized carbons (Fsp3) is 0.280. The molecule has 0 spiro atoms. The van der Waals surface area contributed by atoms with Crippen molar-refractivity contribution in [3.63, 3.8) is 0 Å². The lowest BCUT2D eigenvalue weighted by Crippen LogP contribution is -2.29. The molecule has 0 aromatic heterocycles. The Kier molecular flexibility index (Phi) is 7.34. The second-order valence-electron chi connectivity index (χ2n) is 6.83. The summed E-state index contributed by atoms with van der Waals surface area (Å²) in [7, 11) is 0. The zero-order chi connectivity index (χ0) is 18.7. The highest BCUT2D eigenvalue weighted by Gasteiger charge is 2.06. The van der Waals surface area contributed by atoms with Gasteiger partial charge in [0.05, 0.1) is 6.54 Å². The summed E-state index contributed by atoms with van der Waals surface area (Å²) < 4.78 is 6.00. The van der Waals surface area contributed by atoms with E-state index in [4.69, 9.17) is 4.74 Å². The second kappa shape index (κ2) is 10.4. The first-order chi connectivity index (χ1) is 13.3. The van der Waals surface area contributed by atoms with Crippen LogP contribution in [0.25, 0.3) is 0 Å². The number of rotatable bonds is 10. The van der Waals surface area contributed by atoms with Crippen molar-refractivity contribution in [3.8, 4) is 5.75 Å². The molecule has 3 aromatic carbocycles. The number of ether oxygens (including phenoxy) is 1. The zero-order valence-corrected chi connectivity index (χ0v) is 16.2. The summed E-state index contributed by atoms with van der Waals surface area (Å²) in [5, 5.41) is 0. The molecule has 0 amide bonds. The van der Waals surface area contributed by atoms with Gasteiger partial charge in [0.15, 0.2) is 0 Å². The lowest BCUT2D eigenvalue weighted by atomic mass is 10.1. The fourth-order valence-corrected chi connectivity index (χ4v) is 3.17. The molecule has 2 nitrogen and oxygen atoms in total. The number of para-hydroxylation sites is 1. The average Bonchev–Trinajstić information content (AvgIpc) is 2.73. The highest BCUT2D eigenvalue weighted by Crippen LogP contribution is 2.17. The first-order valence-corrected chi connectivity index (χ1v) is 9.91. The van der Waals surface area contributed by atoms with Gasteiger partial charge in [-0.05, 0) is 48.2 Å². The van der Waals surface area contributed by atoms with E-state index in [0.29, 0.717) is 6.61 Å². The van der Waals surface area contributed by atoms with Crippen molar-refractivity contribution in [2.75, 3.05) is 24.6 Å². The standard InChI is InChI=1S/C25H29NO/c1-2-3-18-26(24-12-8-5-9-13-24)19-20-27-25-16-14-23(15-17-25)21-22-10-6-4-7-11-22/h4-17H,2-3,18-21H2,1H3. The molecule has 0 aliphatic heterocycles. The van der Waals surface area contributed by atoms with Gasteiger partial charge in [-0.25, -0.2) is 0 Å². The zero-order valence-electron chi connectivity index (χ0n) is 16.2. The normalized spacial score (nSPS) is 10.6. The van der Waals surface area contributed by atoms with Crippen LogP contribution in [0, 0.1) is 0 Å². The molecule has 0 aliphatic carbocycles. The Hall–Kier alpha value is -2.74. The van der Waals surface area contributed by atoms with Crippen LogP contribution in [0.15, 0.2) is 84.9 Å². The van der Waals surface area contributed by atoms with E-state index in [9.17, 15) is 0 Å². The maximum atomic E-state index is 6.00. The molecule has 0 bridgehead atoms. The molecular formula is C25H29NO. The number of unbranched alkanes of at least 4 members (excludes halogenated alkanes) is 1. The first kappa shape index (κ1) is 19.0. The van der Waals surface area contributed by atoms with E-state index in [1.807, 2.05) is 0 Å². The molecule has 0 unspecified atom stereocenters. The summed E-state index contributed by atoms with van der Waals surface area (Å²) in [6, 6.07) is 29.7. The lowest BCUT2D eigenvalue weighted by Gasteiger charge is -2.24. The summed E-state index contributed by atoms with van der Waals surface area (Å²) in [6.07, 6.45) is 3.36. The van der Waals surface area contributed by atoms with Crippen molar-refractivity contribution in [2.45, 2.75) is 26.2 Å². The summed E-state index contributed by atoms with van der Waals surface area (Å²) in [5.74, 6) is 0.940. The van der Waals surface area contributed by atoms with Crippen molar-refractivity contribution < 1.29 is 4.74 Å². The van der Waals surface area contributed by atoms with Gasteiger partial charge in [-0.1, -0.05) is 74.0 Å². The maximum Gasteiger partial charge on any atom is 0.119 e.